The minimum atomic E-state index is 0.340. The van der Waals surface area contributed by atoms with Gasteiger partial charge in [0.2, 0.25) is 0 Å². The first-order valence-corrected chi connectivity index (χ1v) is 5.94. The standard InChI is InChI=1S/C11H22N2O/c1-2-9-6-12-7-11(9)13-5-3-4-10(13)8-14/h9-12,14H,2-8H2,1H3/t9?,10-,11?/m0/s1. The van der Waals surface area contributed by atoms with Crippen LogP contribution in [0.15, 0.2) is 0 Å². The second kappa shape index (κ2) is 4.60. The molecule has 0 saturated carbocycles. The van der Waals surface area contributed by atoms with Crippen molar-refractivity contribution in [1.29, 1.82) is 0 Å². The van der Waals surface area contributed by atoms with Gasteiger partial charge in [0.25, 0.3) is 0 Å². The molecule has 0 bridgehead atoms. The highest BCUT2D eigenvalue weighted by Gasteiger charge is 2.36. The van der Waals surface area contributed by atoms with Crippen molar-refractivity contribution in [2.24, 2.45) is 5.92 Å². The number of aliphatic hydroxyl groups is 1. The van der Waals surface area contributed by atoms with Gasteiger partial charge in [-0.1, -0.05) is 13.3 Å². The van der Waals surface area contributed by atoms with Crippen LogP contribution in [0.3, 0.4) is 0 Å². The summed E-state index contributed by atoms with van der Waals surface area (Å²) in [4.78, 5) is 2.54. The average Bonchev–Trinajstić information content (AvgIpc) is 2.85. The van der Waals surface area contributed by atoms with Crippen molar-refractivity contribution in [3.8, 4) is 0 Å². The molecule has 2 N–H and O–H groups in total. The van der Waals surface area contributed by atoms with Crippen molar-refractivity contribution in [3.05, 3.63) is 0 Å². The number of rotatable bonds is 3. The van der Waals surface area contributed by atoms with E-state index in [1.807, 2.05) is 0 Å². The summed E-state index contributed by atoms with van der Waals surface area (Å²) in [5.74, 6) is 0.794. The van der Waals surface area contributed by atoms with Gasteiger partial charge in [-0.2, -0.15) is 0 Å². The molecule has 0 radical (unpaired) electrons. The monoisotopic (exact) mass is 198 g/mol. The Bertz CT molecular complexity index is 166. The van der Waals surface area contributed by atoms with Crippen LogP contribution in [0.25, 0.3) is 0 Å². The molecule has 0 spiro atoms. The van der Waals surface area contributed by atoms with E-state index >= 15 is 0 Å². The average molecular weight is 198 g/mol. The summed E-state index contributed by atoms with van der Waals surface area (Å²) >= 11 is 0. The number of nitrogens with zero attached hydrogens (tertiary/aromatic N) is 1. The van der Waals surface area contributed by atoms with Gasteiger partial charge >= 0.3 is 0 Å². The lowest BCUT2D eigenvalue weighted by molar-refractivity contribution is 0.105. The lowest BCUT2D eigenvalue weighted by atomic mass is 9.99. The van der Waals surface area contributed by atoms with Gasteiger partial charge in [-0.15, -0.1) is 0 Å². The van der Waals surface area contributed by atoms with Crippen LogP contribution in [0.4, 0.5) is 0 Å². The fourth-order valence-corrected chi connectivity index (χ4v) is 3.01. The molecule has 2 aliphatic rings. The summed E-state index contributed by atoms with van der Waals surface area (Å²) < 4.78 is 0. The molecule has 3 heteroatoms. The van der Waals surface area contributed by atoms with Crippen molar-refractivity contribution < 1.29 is 5.11 Å². The molecule has 2 aliphatic heterocycles. The fraction of sp³-hybridized carbons (Fsp3) is 1.00. The number of hydrogen-bond acceptors (Lipinski definition) is 3. The third kappa shape index (κ3) is 1.81. The number of aliphatic hydroxyl groups excluding tert-OH is 1. The molecule has 0 amide bonds. The summed E-state index contributed by atoms with van der Waals surface area (Å²) in [5.41, 5.74) is 0. The van der Waals surface area contributed by atoms with E-state index in [9.17, 15) is 5.11 Å². The van der Waals surface area contributed by atoms with E-state index < -0.39 is 0 Å². The molecule has 2 unspecified atom stereocenters. The molecule has 2 fully saturated rings. The first-order valence-electron chi connectivity index (χ1n) is 5.94. The summed E-state index contributed by atoms with van der Waals surface area (Å²) in [6, 6.07) is 1.12. The molecule has 0 aromatic rings. The van der Waals surface area contributed by atoms with E-state index in [0.717, 1.165) is 19.0 Å². The van der Waals surface area contributed by atoms with Crippen LogP contribution in [-0.4, -0.2) is 48.3 Å². The zero-order chi connectivity index (χ0) is 9.97. The zero-order valence-corrected chi connectivity index (χ0v) is 9.08. The largest absolute Gasteiger partial charge is 0.395 e. The molecule has 3 nitrogen and oxygen atoms in total. The van der Waals surface area contributed by atoms with Gasteiger partial charge in [0.05, 0.1) is 6.61 Å². The van der Waals surface area contributed by atoms with Crippen molar-refractivity contribution in [2.75, 3.05) is 26.2 Å². The van der Waals surface area contributed by atoms with E-state index in [1.54, 1.807) is 0 Å². The van der Waals surface area contributed by atoms with E-state index in [2.05, 4.69) is 17.1 Å². The van der Waals surface area contributed by atoms with Gasteiger partial charge in [0, 0.05) is 18.6 Å². The van der Waals surface area contributed by atoms with Crippen LogP contribution in [0.2, 0.25) is 0 Å². The molecular formula is C11H22N2O. The minimum absolute atomic E-state index is 0.340. The van der Waals surface area contributed by atoms with Crippen molar-refractivity contribution in [1.82, 2.24) is 10.2 Å². The summed E-state index contributed by atoms with van der Waals surface area (Å²) in [6.45, 7) is 6.08. The van der Waals surface area contributed by atoms with Crippen LogP contribution in [0.5, 0.6) is 0 Å². The predicted octanol–water partition coefficient (Wildman–Crippen LogP) is 0.441. The Hall–Kier alpha value is -0.120. The van der Waals surface area contributed by atoms with E-state index in [0.29, 0.717) is 18.7 Å². The zero-order valence-electron chi connectivity index (χ0n) is 9.08. The van der Waals surface area contributed by atoms with Crippen molar-refractivity contribution >= 4 is 0 Å². The number of likely N-dealkylation sites (tertiary alicyclic amines) is 1. The lowest BCUT2D eigenvalue weighted by Crippen LogP contribution is -2.45. The van der Waals surface area contributed by atoms with E-state index in [-0.39, 0.29) is 0 Å². The van der Waals surface area contributed by atoms with E-state index in [1.165, 1.54) is 25.8 Å². The quantitative estimate of drug-likeness (QED) is 0.691. The highest BCUT2D eigenvalue weighted by Crippen LogP contribution is 2.26. The molecule has 82 valence electrons. The summed E-state index contributed by atoms with van der Waals surface area (Å²) in [6.07, 6.45) is 3.70. The molecule has 2 saturated heterocycles. The number of nitrogens with one attached hydrogen (secondary N) is 1. The predicted molar refractivity (Wildman–Crippen MR) is 57.3 cm³/mol. The molecule has 14 heavy (non-hydrogen) atoms. The summed E-state index contributed by atoms with van der Waals surface area (Å²) in [5, 5.41) is 12.8. The van der Waals surface area contributed by atoms with Gasteiger partial charge in [-0.25, -0.2) is 0 Å². The maximum absolute atomic E-state index is 9.29. The van der Waals surface area contributed by atoms with Crippen LogP contribution in [-0.2, 0) is 0 Å². The van der Waals surface area contributed by atoms with E-state index in [4.69, 9.17) is 0 Å². The Morgan fingerprint density at radius 3 is 3.00 bits per heavy atom. The Morgan fingerprint density at radius 1 is 1.43 bits per heavy atom. The van der Waals surface area contributed by atoms with Gasteiger partial charge in [0.1, 0.15) is 0 Å². The van der Waals surface area contributed by atoms with Crippen LogP contribution < -0.4 is 5.32 Å². The van der Waals surface area contributed by atoms with Gasteiger partial charge < -0.3 is 10.4 Å². The minimum Gasteiger partial charge on any atom is -0.395 e. The van der Waals surface area contributed by atoms with Crippen molar-refractivity contribution in [2.45, 2.75) is 38.3 Å². The molecule has 3 atom stereocenters. The third-order valence-corrected chi connectivity index (χ3v) is 3.89. The van der Waals surface area contributed by atoms with Crippen LogP contribution >= 0.6 is 0 Å². The lowest BCUT2D eigenvalue weighted by Gasteiger charge is -2.32. The normalized spacial score (nSPS) is 39.4. The Labute approximate surface area is 86.5 Å². The highest BCUT2D eigenvalue weighted by atomic mass is 16.3. The third-order valence-electron chi connectivity index (χ3n) is 3.89. The first-order chi connectivity index (χ1) is 6.86. The number of hydrogen-bond donors (Lipinski definition) is 2. The second-order valence-corrected chi connectivity index (χ2v) is 4.61. The highest BCUT2D eigenvalue weighted by molar-refractivity contribution is 4.93. The molecule has 0 aromatic heterocycles. The molecule has 2 rings (SSSR count). The summed E-state index contributed by atoms with van der Waals surface area (Å²) in [7, 11) is 0. The first kappa shape index (κ1) is 10.4. The van der Waals surface area contributed by atoms with Gasteiger partial charge in [-0.05, 0) is 31.8 Å². The van der Waals surface area contributed by atoms with Crippen LogP contribution in [0.1, 0.15) is 26.2 Å². The molecule has 0 aliphatic carbocycles. The SMILES string of the molecule is CCC1CNCC1N1CCC[C@H]1CO. The van der Waals surface area contributed by atoms with Gasteiger partial charge in [-0.3, -0.25) is 4.90 Å². The smallest absolute Gasteiger partial charge is 0.0587 e. The Balaban J connectivity index is 1.98. The Kier molecular flexibility index (Phi) is 3.42. The van der Waals surface area contributed by atoms with Crippen molar-refractivity contribution in [3.63, 3.8) is 0 Å². The maximum atomic E-state index is 9.29. The van der Waals surface area contributed by atoms with Gasteiger partial charge in [0.15, 0.2) is 0 Å². The van der Waals surface area contributed by atoms with Crippen LogP contribution in [0, 0.1) is 5.92 Å². The Morgan fingerprint density at radius 2 is 2.29 bits per heavy atom. The fourth-order valence-electron chi connectivity index (χ4n) is 3.01. The molecule has 0 aromatic carbocycles. The molecular weight excluding hydrogens is 176 g/mol. The second-order valence-electron chi connectivity index (χ2n) is 4.61. The maximum Gasteiger partial charge on any atom is 0.0587 e. The topological polar surface area (TPSA) is 35.5 Å². The molecule has 2 heterocycles.